The first kappa shape index (κ1) is 19.0. The molecular weight excluding hydrogens is 388 g/mol. The number of rotatable bonds is 7. The third-order valence-corrected chi connectivity index (χ3v) is 5.09. The lowest BCUT2D eigenvalue weighted by atomic mass is 10.2. The van der Waals surface area contributed by atoms with Gasteiger partial charge in [0.2, 0.25) is 5.89 Å². The Morgan fingerprint density at radius 1 is 1.03 bits per heavy atom. The molecule has 0 saturated carbocycles. The van der Waals surface area contributed by atoms with Gasteiger partial charge in [-0.25, -0.2) is 0 Å². The van der Waals surface area contributed by atoms with Gasteiger partial charge in [0, 0.05) is 25.3 Å². The molecule has 2 aromatic heterocycles. The zero-order chi connectivity index (χ0) is 20.2. The van der Waals surface area contributed by atoms with Crippen molar-refractivity contribution in [2.75, 3.05) is 26.1 Å². The summed E-state index contributed by atoms with van der Waals surface area (Å²) in [7, 11) is 5.39. The predicted octanol–water partition coefficient (Wildman–Crippen LogP) is 3.68. The molecule has 4 rings (SSSR count). The molecule has 9 heteroatoms. The normalized spacial score (nSPS) is 10.9. The highest BCUT2D eigenvalue weighted by Crippen LogP contribution is 2.30. The Labute approximate surface area is 172 Å². The molecule has 148 valence electrons. The van der Waals surface area contributed by atoms with Crippen LogP contribution in [0.2, 0.25) is 0 Å². The third kappa shape index (κ3) is 4.09. The summed E-state index contributed by atoms with van der Waals surface area (Å²) >= 11 is 1.49. The summed E-state index contributed by atoms with van der Waals surface area (Å²) in [6.45, 7) is 0. The number of hydrogen-bond acceptors (Lipinski definition) is 8. The summed E-state index contributed by atoms with van der Waals surface area (Å²) in [4.78, 5) is 6.16. The van der Waals surface area contributed by atoms with Crippen LogP contribution in [0.5, 0.6) is 5.75 Å². The number of thioether (sulfide) groups is 1. The van der Waals surface area contributed by atoms with Gasteiger partial charge < -0.3 is 14.2 Å². The molecule has 2 aromatic carbocycles. The molecule has 0 saturated heterocycles. The Bertz CT molecular complexity index is 1080. The van der Waals surface area contributed by atoms with Crippen molar-refractivity contribution in [3.05, 3.63) is 60.5 Å². The predicted molar refractivity (Wildman–Crippen MR) is 112 cm³/mol. The maximum absolute atomic E-state index is 5.32. The molecule has 8 nitrogen and oxygen atoms in total. The van der Waals surface area contributed by atoms with E-state index in [1.807, 2.05) is 73.3 Å². The van der Waals surface area contributed by atoms with Crippen molar-refractivity contribution in [2.24, 2.45) is 0 Å². The van der Waals surface area contributed by atoms with Crippen molar-refractivity contribution in [3.8, 4) is 22.8 Å². The Hall–Kier alpha value is -3.33. The van der Waals surface area contributed by atoms with Crippen LogP contribution in [0, 0.1) is 0 Å². The number of methoxy groups -OCH3 is 1. The highest BCUT2D eigenvalue weighted by molar-refractivity contribution is 7.98. The molecule has 0 fully saturated rings. The van der Waals surface area contributed by atoms with E-state index < -0.39 is 0 Å². The van der Waals surface area contributed by atoms with Crippen LogP contribution >= 0.6 is 11.8 Å². The van der Waals surface area contributed by atoms with Gasteiger partial charge >= 0.3 is 0 Å². The van der Waals surface area contributed by atoms with E-state index in [9.17, 15) is 0 Å². The molecule has 29 heavy (non-hydrogen) atoms. The summed E-state index contributed by atoms with van der Waals surface area (Å²) in [5.41, 5.74) is 1.92. The minimum Gasteiger partial charge on any atom is -0.497 e. The molecule has 0 radical (unpaired) electrons. The molecule has 4 aromatic rings. The maximum atomic E-state index is 5.32. The number of benzene rings is 2. The van der Waals surface area contributed by atoms with E-state index in [0.717, 1.165) is 28.0 Å². The summed E-state index contributed by atoms with van der Waals surface area (Å²) in [5, 5.41) is 13.5. The second-order valence-electron chi connectivity index (χ2n) is 6.38. The number of ether oxygens (including phenoxy) is 1. The zero-order valence-electron chi connectivity index (χ0n) is 16.3. The third-order valence-electron chi connectivity index (χ3n) is 4.18. The maximum Gasteiger partial charge on any atom is 0.265 e. The van der Waals surface area contributed by atoms with Crippen LogP contribution in [0.15, 0.2) is 64.3 Å². The fraction of sp³-hybridized carbons (Fsp3) is 0.200. The van der Waals surface area contributed by atoms with Gasteiger partial charge in [-0.05, 0) is 29.4 Å². The minimum atomic E-state index is 0.490. The first-order valence-electron chi connectivity index (χ1n) is 8.93. The fourth-order valence-electron chi connectivity index (χ4n) is 2.71. The number of anilines is 1. The Kier molecular flexibility index (Phi) is 5.48. The van der Waals surface area contributed by atoms with E-state index in [-0.39, 0.29) is 0 Å². The second-order valence-corrected chi connectivity index (χ2v) is 7.32. The van der Waals surface area contributed by atoms with E-state index in [4.69, 9.17) is 9.26 Å². The Balaban J connectivity index is 1.68. The van der Waals surface area contributed by atoms with E-state index in [1.54, 1.807) is 12.0 Å². The molecule has 0 amide bonds. The van der Waals surface area contributed by atoms with Crippen LogP contribution in [0.3, 0.4) is 0 Å². The quantitative estimate of drug-likeness (QED) is 0.428. The van der Waals surface area contributed by atoms with E-state index in [1.165, 1.54) is 11.8 Å². The van der Waals surface area contributed by atoms with E-state index in [0.29, 0.717) is 17.6 Å². The summed E-state index contributed by atoms with van der Waals surface area (Å²) in [5.74, 6) is 3.12. The van der Waals surface area contributed by atoms with Crippen molar-refractivity contribution in [3.63, 3.8) is 0 Å². The molecule has 0 unspecified atom stereocenters. The van der Waals surface area contributed by atoms with Gasteiger partial charge in [-0.1, -0.05) is 42.1 Å². The fourth-order valence-corrected chi connectivity index (χ4v) is 3.50. The second kappa shape index (κ2) is 8.36. The van der Waals surface area contributed by atoms with Crippen LogP contribution < -0.4 is 9.64 Å². The molecule has 2 heterocycles. The SMILES string of the molecule is COc1ccc(-n2c(SCc3nc(N(C)C)no3)nnc2-c2ccccc2)cc1. The van der Waals surface area contributed by atoms with Gasteiger partial charge in [0.15, 0.2) is 11.0 Å². The molecule has 0 atom stereocenters. The Morgan fingerprint density at radius 2 is 1.79 bits per heavy atom. The lowest BCUT2D eigenvalue weighted by Gasteiger charge is -2.10. The van der Waals surface area contributed by atoms with E-state index >= 15 is 0 Å². The molecule has 0 N–H and O–H groups in total. The largest absolute Gasteiger partial charge is 0.497 e. The van der Waals surface area contributed by atoms with E-state index in [2.05, 4.69) is 20.3 Å². The molecule has 0 bridgehead atoms. The van der Waals surface area contributed by atoms with Crippen LogP contribution in [0.25, 0.3) is 17.1 Å². The molecule has 0 spiro atoms. The number of nitrogens with zero attached hydrogens (tertiary/aromatic N) is 6. The smallest absolute Gasteiger partial charge is 0.265 e. The van der Waals surface area contributed by atoms with Crippen LogP contribution in [-0.4, -0.2) is 46.1 Å². The Morgan fingerprint density at radius 3 is 2.45 bits per heavy atom. The average Bonchev–Trinajstić information content (AvgIpc) is 3.40. The monoisotopic (exact) mass is 408 g/mol. The summed E-state index contributed by atoms with van der Waals surface area (Å²) < 4.78 is 12.6. The lowest BCUT2D eigenvalue weighted by molar-refractivity contribution is 0.390. The number of hydrogen-bond donors (Lipinski definition) is 0. The van der Waals surface area contributed by atoms with Gasteiger partial charge in [-0.3, -0.25) is 4.57 Å². The van der Waals surface area contributed by atoms with Crippen molar-refractivity contribution < 1.29 is 9.26 Å². The highest BCUT2D eigenvalue weighted by atomic mass is 32.2. The van der Waals surface area contributed by atoms with Gasteiger partial charge in [0.1, 0.15) is 5.75 Å². The zero-order valence-corrected chi connectivity index (χ0v) is 17.1. The van der Waals surface area contributed by atoms with Crippen LogP contribution in [-0.2, 0) is 5.75 Å². The molecule has 0 aliphatic heterocycles. The molecule has 0 aliphatic rings. The van der Waals surface area contributed by atoms with Crippen molar-refractivity contribution in [1.29, 1.82) is 0 Å². The first-order chi connectivity index (χ1) is 14.2. The van der Waals surface area contributed by atoms with Crippen LogP contribution in [0.4, 0.5) is 5.95 Å². The average molecular weight is 408 g/mol. The lowest BCUT2D eigenvalue weighted by Crippen LogP contribution is -2.10. The number of aromatic nitrogens is 5. The summed E-state index contributed by atoms with van der Waals surface area (Å²) in [6, 6.07) is 17.8. The van der Waals surface area contributed by atoms with Crippen LogP contribution in [0.1, 0.15) is 5.89 Å². The summed E-state index contributed by atoms with van der Waals surface area (Å²) in [6.07, 6.45) is 0. The molecular formula is C20H20N6O2S. The minimum absolute atomic E-state index is 0.490. The standard InChI is InChI=1S/C20H20N6O2S/c1-25(2)19-21-17(28-24-19)13-29-20-23-22-18(14-7-5-4-6-8-14)26(20)15-9-11-16(27-3)12-10-15/h4-12H,13H2,1-3H3. The van der Waals surface area contributed by atoms with Gasteiger partial charge in [0.25, 0.3) is 5.95 Å². The van der Waals surface area contributed by atoms with Crippen molar-refractivity contribution in [2.45, 2.75) is 10.9 Å². The van der Waals surface area contributed by atoms with Gasteiger partial charge in [-0.2, -0.15) is 4.98 Å². The van der Waals surface area contributed by atoms with Crippen molar-refractivity contribution in [1.82, 2.24) is 24.9 Å². The van der Waals surface area contributed by atoms with Gasteiger partial charge in [0.05, 0.1) is 12.9 Å². The van der Waals surface area contributed by atoms with Gasteiger partial charge in [-0.15, -0.1) is 10.2 Å². The topological polar surface area (TPSA) is 82.1 Å². The highest BCUT2D eigenvalue weighted by Gasteiger charge is 2.18. The molecule has 0 aliphatic carbocycles. The first-order valence-corrected chi connectivity index (χ1v) is 9.92. The van der Waals surface area contributed by atoms with Crippen molar-refractivity contribution >= 4 is 17.7 Å².